The summed E-state index contributed by atoms with van der Waals surface area (Å²) in [7, 11) is 0. The molecule has 0 aliphatic heterocycles. The van der Waals surface area contributed by atoms with E-state index in [2.05, 4.69) is 10.1 Å². The molecule has 7 nitrogen and oxygen atoms in total. The van der Waals surface area contributed by atoms with Gasteiger partial charge in [-0.1, -0.05) is 38.1 Å². The van der Waals surface area contributed by atoms with E-state index in [0.717, 1.165) is 23.3 Å². The van der Waals surface area contributed by atoms with Gasteiger partial charge >= 0.3 is 0 Å². The number of ether oxygens (including phenoxy) is 4. The van der Waals surface area contributed by atoms with Gasteiger partial charge in [-0.3, -0.25) is 9.59 Å². The number of benzene rings is 2. The van der Waals surface area contributed by atoms with Crippen LogP contribution in [0.1, 0.15) is 25.0 Å². The van der Waals surface area contributed by atoms with Gasteiger partial charge in [0.1, 0.15) is 24.2 Å². The van der Waals surface area contributed by atoms with Crippen LogP contribution in [0.25, 0.3) is 0 Å². The zero-order valence-electron chi connectivity index (χ0n) is 16.7. The van der Waals surface area contributed by atoms with E-state index in [9.17, 15) is 9.59 Å². The number of nitrogens with one attached hydrogen (secondary N) is 1. The molecule has 0 saturated carbocycles. The highest BCUT2D eigenvalue weighted by Gasteiger charge is 2.11. The molecule has 0 spiro atoms. The first-order valence-corrected chi connectivity index (χ1v) is 9.42. The summed E-state index contributed by atoms with van der Waals surface area (Å²) in [6.07, 6.45) is 0.424. The molecule has 0 amide bonds. The highest BCUT2D eigenvalue weighted by atomic mass is 16.7. The first kappa shape index (κ1) is 22.2. The topological polar surface area (TPSA) is 83.1 Å². The maximum atomic E-state index is 10.6. The molecule has 0 saturated heterocycles. The molecule has 0 heterocycles. The molecule has 156 valence electrons. The lowest BCUT2D eigenvalue weighted by Gasteiger charge is -2.18. The molecule has 0 fully saturated rings. The average molecular weight is 401 g/mol. The standard InChI is InChI=1S/C22H27NO6/c1-17(2)23-12-22(28-15-25)13-27-20-7-3-18(4-8-20)11-19-5-9-21(10-6-19)29-16-26-14-24/h3-10,14-15,17,22-23H,11-13,16H2,1-2H3. The van der Waals surface area contributed by atoms with Gasteiger partial charge in [0.15, 0.2) is 0 Å². The summed E-state index contributed by atoms with van der Waals surface area (Å²) in [6.45, 7) is 5.57. The van der Waals surface area contributed by atoms with Crippen molar-refractivity contribution in [2.75, 3.05) is 19.9 Å². The number of hydrogen-bond donors (Lipinski definition) is 1. The van der Waals surface area contributed by atoms with E-state index in [1.165, 1.54) is 0 Å². The summed E-state index contributed by atoms with van der Waals surface area (Å²) in [5.74, 6) is 1.36. The van der Waals surface area contributed by atoms with Gasteiger partial charge in [0.2, 0.25) is 6.79 Å². The molecule has 0 aliphatic carbocycles. The molecule has 1 unspecified atom stereocenters. The van der Waals surface area contributed by atoms with Gasteiger partial charge in [0, 0.05) is 12.6 Å². The number of carbonyl (C=O) groups excluding carboxylic acids is 2. The number of rotatable bonds is 14. The van der Waals surface area contributed by atoms with Crippen LogP contribution < -0.4 is 14.8 Å². The zero-order chi connectivity index (χ0) is 20.9. The van der Waals surface area contributed by atoms with E-state index >= 15 is 0 Å². The highest BCUT2D eigenvalue weighted by Crippen LogP contribution is 2.18. The predicted molar refractivity (Wildman–Crippen MR) is 108 cm³/mol. The molecule has 2 aromatic carbocycles. The maximum Gasteiger partial charge on any atom is 0.295 e. The lowest BCUT2D eigenvalue weighted by molar-refractivity contribution is -0.135. The van der Waals surface area contributed by atoms with E-state index in [4.69, 9.17) is 14.2 Å². The Kier molecular flexibility index (Phi) is 9.51. The molecule has 0 aromatic heterocycles. The Morgan fingerprint density at radius 2 is 1.45 bits per heavy atom. The molecule has 2 rings (SSSR count). The fourth-order valence-electron chi connectivity index (χ4n) is 2.55. The van der Waals surface area contributed by atoms with E-state index in [1.807, 2.05) is 62.4 Å². The van der Waals surface area contributed by atoms with Crippen molar-refractivity contribution in [2.24, 2.45) is 0 Å². The minimum absolute atomic E-state index is 0.101. The number of hydrogen-bond acceptors (Lipinski definition) is 7. The van der Waals surface area contributed by atoms with Gasteiger partial charge in [0.25, 0.3) is 12.9 Å². The SMILES string of the molecule is CC(C)NCC(COc1ccc(Cc2ccc(OCOC=O)cc2)cc1)OC=O. The molecule has 1 N–H and O–H groups in total. The molecule has 1 atom stereocenters. The van der Waals surface area contributed by atoms with Crippen LogP contribution in [0, 0.1) is 0 Å². The van der Waals surface area contributed by atoms with E-state index in [-0.39, 0.29) is 19.5 Å². The molecular formula is C22H27NO6. The zero-order valence-corrected chi connectivity index (χ0v) is 16.7. The van der Waals surface area contributed by atoms with Gasteiger partial charge < -0.3 is 24.3 Å². The Balaban J connectivity index is 1.83. The molecule has 29 heavy (non-hydrogen) atoms. The lowest BCUT2D eigenvalue weighted by atomic mass is 10.0. The summed E-state index contributed by atoms with van der Waals surface area (Å²) in [4.78, 5) is 20.7. The van der Waals surface area contributed by atoms with Crippen LogP contribution in [0.3, 0.4) is 0 Å². The van der Waals surface area contributed by atoms with Crippen LogP contribution in [0.5, 0.6) is 11.5 Å². The van der Waals surface area contributed by atoms with Gasteiger partial charge in [-0.2, -0.15) is 0 Å². The van der Waals surface area contributed by atoms with Crippen molar-refractivity contribution in [3.8, 4) is 11.5 Å². The van der Waals surface area contributed by atoms with Crippen molar-refractivity contribution in [1.29, 1.82) is 0 Å². The summed E-state index contributed by atoms with van der Waals surface area (Å²) in [5.41, 5.74) is 2.26. The normalized spacial score (nSPS) is 11.6. The summed E-state index contributed by atoms with van der Waals surface area (Å²) < 4.78 is 20.6. The van der Waals surface area contributed by atoms with Crippen LogP contribution in [-0.2, 0) is 25.5 Å². The third-order valence-electron chi connectivity index (χ3n) is 4.05. The smallest absolute Gasteiger partial charge is 0.295 e. The third kappa shape index (κ3) is 8.66. The Bertz CT molecular complexity index is 730. The molecule has 0 radical (unpaired) electrons. The third-order valence-corrected chi connectivity index (χ3v) is 4.05. The van der Waals surface area contributed by atoms with Gasteiger partial charge in [-0.25, -0.2) is 0 Å². The second kappa shape index (κ2) is 12.4. The first-order chi connectivity index (χ1) is 14.1. The molecule has 7 heteroatoms. The number of carbonyl (C=O) groups is 2. The Morgan fingerprint density at radius 1 is 0.862 bits per heavy atom. The second-order valence-corrected chi connectivity index (χ2v) is 6.72. The van der Waals surface area contributed by atoms with Gasteiger partial charge in [0.05, 0.1) is 0 Å². The van der Waals surface area contributed by atoms with Crippen molar-refractivity contribution < 1.29 is 28.5 Å². The molecule has 0 aliphatic rings. The van der Waals surface area contributed by atoms with Crippen molar-refractivity contribution in [1.82, 2.24) is 5.32 Å². The van der Waals surface area contributed by atoms with Gasteiger partial charge in [-0.05, 0) is 41.8 Å². The Morgan fingerprint density at radius 3 is 1.97 bits per heavy atom. The predicted octanol–water partition coefficient (Wildman–Crippen LogP) is 2.71. The van der Waals surface area contributed by atoms with E-state index in [0.29, 0.717) is 31.3 Å². The molecule has 2 aromatic rings. The van der Waals surface area contributed by atoms with Gasteiger partial charge in [-0.15, -0.1) is 0 Å². The first-order valence-electron chi connectivity index (χ1n) is 9.42. The Labute approximate surface area is 170 Å². The monoisotopic (exact) mass is 401 g/mol. The van der Waals surface area contributed by atoms with E-state index < -0.39 is 0 Å². The summed E-state index contributed by atoms with van der Waals surface area (Å²) in [6, 6.07) is 15.7. The fraction of sp³-hybridized carbons (Fsp3) is 0.364. The van der Waals surface area contributed by atoms with Crippen LogP contribution in [0.2, 0.25) is 0 Å². The maximum absolute atomic E-state index is 10.6. The highest BCUT2D eigenvalue weighted by molar-refractivity contribution is 5.38. The van der Waals surface area contributed by atoms with E-state index in [1.54, 1.807) is 0 Å². The van der Waals surface area contributed by atoms with Crippen molar-refractivity contribution in [3.63, 3.8) is 0 Å². The van der Waals surface area contributed by atoms with Crippen molar-refractivity contribution >= 4 is 12.9 Å². The lowest BCUT2D eigenvalue weighted by Crippen LogP contribution is -2.36. The largest absolute Gasteiger partial charge is 0.490 e. The summed E-state index contributed by atoms with van der Waals surface area (Å²) >= 11 is 0. The summed E-state index contributed by atoms with van der Waals surface area (Å²) in [5, 5.41) is 3.23. The quantitative estimate of drug-likeness (QED) is 0.296. The molecular weight excluding hydrogens is 374 g/mol. The van der Waals surface area contributed by atoms with Crippen LogP contribution in [0.15, 0.2) is 48.5 Å². The Hall–Kier alpha value is -3.06. The van der Waals surface area contributed by atoms with Crippen molar-refractivity contribution in [3.05, 3.63) is 59.7 Å². The van der Waals surface area contributed by atoms with Crippen LogP contribution in [0.4, 0.5) is 0 Å². The minimum Gasteiger partial charge on any atom is -0.490 e. The average Bonchev–Trinajstić information content (AvgIpc) is 2.72. The minimum atomic E-state index is -0.341. The van der Waals surface area contributed by atoms with Crippen molar-refractivity contribution in [2.45, 2.75) is 32.4 Å². The van der Waals surface area contributed by atoms with Crippen LogP contribution >= 0.6 is 0 Å². The molecule has 0 bridgehead atoms. The van der Waals surface area contributed by atoms with Crippen LogP contribution in [-0.4, -0.2) is 45.0 Å². The fourth-order valence-corrected chi connectivity index (χ4v) is 2.55. The second-order valence-electron chi connectivity index (χ2n) is 6.72.